The quantitative estimate of drug-likeness (QED) is 0.817. The molecule has 1 aliphatic carbocycles. The normalized spacial score (nSPS) is 16.9. The van der Waals surface area contributed by atoms with E-state index < -0.39 is 5.95 Å². The largest absolute Gasteiger partial charge is 0.350 e. The summed E-state index contributed by atoms with van der Waals surface area (Å²) in [6.45, 7) is 0.599. The van der Waals surface area contributed by atoms with E-state index in [4.69, 9.17) is 0 Å². The molecule has 0 atom stereocenters. The van der Waals surface area contributed by atoms with Crippen molar-refractivity contribution in [1.29, 1.82) is 0 Å². The Morgan fingerprint density at radius 1 is 1.69 bits per heavy atom. The molecule has 1 saturated carbocycles. The minimum Gasteiger partial charge on any atom is -0.350 e. The Labute approximate surface area is 97.8 Å². The van der Waals surface area contributed by atoms with E-state index in [1.54, 1.807) is 17.8 Å². The first-order valence-corrected chi connectivity index (χ1v) is 6.33. The minimum absolute atomic E-state index is 0.0133. The van der Waals surface area contributed by atoms with Crippen LogP contribution >= 0.6 is 11.8 Å². The lowest BCUT2D eigenvalue weighted by Crippen LogP contribution is -2.32. The molecule has 16 heavy (non-hydrogen) atoms. The Kier molecular flexibility index (Phi) is 3.14. The van der Waals surface area contributed by atoms with Gasteiger partial charge in [-0.2, -0.15) is 16.2 Å². The fourth-order valence-corrected chi connectivity index (χ4v) is 2.21. The monoisotopic (exact) mass is 240 g/mol. The summed E-state index contributed by atoms with van der Waals surface area (Å²) in [5, 5.41) is 2.75. The fraction of sp³-hybridized carbons (Fsp3) is 0.455. The summed E-state index contributed by atoms with van der Waals surface area (Å²) >= 11 is 1.76. The van der Waals surface area contributed by atoms with Crippen LogP contribution in [0.3, 0.4) is 0 Å². The molecule has 1 aliphatic rings. The Morgan fingerprint density at radius 2 is 2.44 bits per heavy atom. The first-order chi connectivity index (χ1) is 7.67. The van der Waals surface area contributed by atoms with Crippen LogP contribution < -0.4 is 5.32 Å². The van der Waals surface area contributed by atoms with Crippen LogP contribution in [0.1, 0.15) is 23.2 Å². The number of pyridine rings is 1. The number of hydrogen-bond donors (Lipinski definition) is 1. The zero-order chi connectivity index (χ0) is 11.6. The second kappa shape index (κ2) is 4.41. The average molecular weight is 240 g/mol. The topological polar surface area (TPSA) is 42.0 Å². The maximum atomic E-state index is 13.2. The second-order valence-corrected chi connectivity index (χ2v) is 5.19. The first-order valence-electron chi connectivity index (χ1n) is 5.11. The van der Waals surface area contributed by atoms with Gasteiger partial charge in [0.1, 0.15) is 0 Å². The van der Waals surface area contributed by atoms with Gasteiger partial charge in [0.2, 0.25) is 5.95 Å². The molecule has 86 valence electrons. The lowest BCUT2D eigenvalue weighted by atomic mass is 10.2. The number of nitrogens with zero attached hydrogens (tertiary/aromatic N) is 1. The molecule has 5 heteroatoms. The predicted octanol–water partition coefficient (Wildman–Crippen LogP) is 1.85. The molecule has 0 saturated heterocycles. The number of rotatable bonds is 4. The summed E-state index contributed by atoms with van der Waals surface area (Å²) in [5.74, 6) is -1.10. The third kappa shape index (κ3) is 2.35. The standard InChI is InChI=1S/C11H13FN2OS/c1-16-11(4-5-11)7-14-10(15)8-3-2-6-13-9(8)12/h2-3,6H,4-5,7H2,1H3,(H,14,15). The number of halogens is 1. The van der Waals surface area contributed by atoms with Crippen LogP contribution in [0.4, 0.5) is 4.39 Å². The molecule has 1 amide bonds. The highest BCUT2D eigenvalue weighted by molar-refractivity contribution is 8.00. The number of hydrogen-bond acceptors (Lipinski definition) is 3. The Balaban J connectivity index is 1.96. The van der Waals surface area contributed by atoms with E-state index in [2.05, 4.69) is 10.3 Å². The van der Waals surface area contributed by atoms with Crippen LogP contribution in [0.5, 0.6) is 0 Å². The number of thioether (sulfide) groups is 1. The third-order valence-corrected chi connectivity index (χ3v) is 4.23. The number of carbonyl (C=O) groups excluding carboxylic acids is 1. The lowest BCUT2D eigenvalue weighted by molar-refractivity contribution is 0.0948. The van der Waals surface area contributed by atoms with Gasteiger partial charge in [0, 0.05) is 17.5 Å². The number of nitrogens with one attached hydrogen (secondary N) is 1. The van der Waals surface area contributed by atoms with Crippen LogP contribution in [0, 0.1) is 5.95 Å². The molecular weight excluding hydrogens is 227 g/mol. The Morgan fingerprint density at radius 3 is 3.00 bits per heavy atom. The molecule has 0 bridgehead atoms. The summed E-state index contributed by atoms with van der Waals surface area (Å²) in [6.07, 6.45) is 5.59. The predicted molar refractivity (Wildman–Crippen MR) is 62.0 cm³/mol. The van der Waals surface area contributed by atoms with Gasteiger partial charge in [-0.1, -0.05) is 0 Å². The third-order valence-electron chi connectivity index (χ3n) is 2.82. The molecular formula is C11H13FN2OS. The minimum atomic E-state index is -0.714. The summed E-state index contributed by atoms with van der Waals surface area (Å²) in [7, 11) is 0. The maximum Gasteiger partial charge on any atom is 0.255 e. The molecule has 0 aliphatic heterocycles. The highest BCUT2D eigenvalue weighted by atomic mass is 32.2. The van der Waals surface area contributed by atoms with Crippen molar-refractivity contribution in [3.05, 3.63) is 29.8 Å². The summed E-state index contributed by atoms with van der Waals surface area (Å²) in [5.41, 5.74) is 0.0133. The molecule has 1 aromatic heterocycles. The van der Waals surface area contributed by atoms with E-state index in [9.17, 15) is 9.18 Å². The van der Waals surface area contributed by atoms with Gasteiger partial charge in [0.25, 0.3) is 5.91 Å². The van der Waals surface area contributed by atoms with E-state index in [1.807, 2.05) is 6.26 Å². The van der Waals surface area contributed by atoms with Crippen LogP contribution in [0.15, 0.2) is 18.3 Å². The molecule has 1 fully saturated rings. The Hall–Kier alpha value is -1.10. The summed E-state index contributed by atoms with van der Waals surface area (Å²) in [4.78, 5) is 15.1. The number of amides is 1. The van der Waals surface area contributed by atoms with Gasteiger partial charge in [0.05, 0.1) is 5.56 Å². The van der Waals surface area contributed by atoms with Crippen molar-refractivity contribution in [3.63, 3.8) is 0 Å². The highest BCUT2D eigenvalue weighted by Crippen LogP contribution is 2.46. The molecule has 0 spiro atoms. The lowest BCUT2D eigenvalue weighted by Gasteiger charge is -2.12. The molecule has 0 aromatic carbocycles. The van der Waals surface area contributed by atoms with Crippen molar-refractivity contribution in [2.75, 3.05) is 12.8 Å². The first kappa shape index (κ1) is 11.4. The summed E-state index contributed by atoms with van der Waals surface area (Å²) in [6, 6.07) is 3.00. The smallest absolute Gasteiger partial charge is 0.255 e. The van der Waals surface area contributed by atoms with Crippen LogP contribution in [0.25, 0.3) is 0 Å². The van der Waals surface area contributed by atoms with Crippen molar-refractivity contribution < 1.29 is 9.18 Å². The van der Waals surface area contributed by atoms with Crippen LogP contribution in [0.2, 0.25) is 0 Å². The zero-order valence-electron chi connectivity index (χ0n) is 9.00. The molecule has 2 rings (SSSR count). The molecule has 1 aromatic rings. The van der Waals surface area contributed by atoms with Crippen molar-refractivity contribution >= 4 is 17.7 Å². The van der Waals surface area contributed by atoms with Crippen molar-refractivity contribution in [3.8, 4) is 0 Å². The second-order valence-electron chi connectivity index (χ2n) is 3.91. The van der Waals surface area contributed by atoms with Crippen molar-refractivity contribution in [2.45, 2.75) is 17.6 Å². The molecule has 1 heterocycles. The van der Waals surface area contributed by atoms with Crippen LogP contribution in [-0.4, -0.2) is 28.4 Å². The van der Waals surface area contributed by atoms with E-state index in [0.29, 0.717) is 6.54 Å². The molecule has 0 radical (unpaired) electrons. The summed E-state index contributed by atoms with van der Waals surface area (Å²) < 4.78 is 13.4. The van der Waals surface area contributed by atoms with Gasteiger partial charge < -0.3 is 5.32 Å². The van der Waals surface area contributed by atoms with Crippen molar-refractivity contribution in [1.82, 2.24) is 10.3 Å². The van der Waals surface area contributed by atoms with Gasteiger partial charge in [-0.25, -0.2) is 4.98 Å². The zero-order valence-corrected chi connectivity index (χ0v) is 9.81. The SMILES string of the molecule is CSC1(CNC(=O)c2cccnc2F)CC1. The molecule has 3 nitrogen and oxygen atoms in total. The van der Waals surface area contributed by atoms with E-state index in [0.717, 1.165) is 12.8 Å². The average Bonchev–Trinajstić information content (AvgIpc) is 3.07. The highest BCUT2D eigenvalue weighted by Gasteiger charge is 2.42. The Bertz CT molecular complexity index is 407. The van der Waals surface area contributed by atoms with Gasteiger partial charge in [-0.05, 0) is 31.2 Å². The van der Waals surface area contributed by atoms with Crippen molar-refractivity contribution in [2.24, 2.45) is 0 Å². The van der Waals surface area contributed by atoms with Gasteiger partial charge in [0.15, 0.2) is 0 Å². The van der Waals surface area contributed by atoms with Gasteiger partial charge >= 0.3 is 0 Å². The van der Waals surface area contributed by atoms with Gasteiger partial charge in [-0.3, -0.25) is 4.79 Å². The fourth-order valence-electron chi connectivity index (χ4n) is 1.48. The number of aromatic nitrogens is 1. The molecule has 1 N–H and O–H groups in total. The van der Waals surface area contributed by atoms with E-state index in [1.165, 1.54) is 12.3 Å². The van der Waals surface area contributed by atoms with Gasteiger partial charge in [-0.15, -0.1) is 0 Å². The maximum absolute atomic E-state index is 13.2. The van der Waals surface area contributed by atoms with Crippen LogP contribution in [-0.2, 0) is 0 Å². The van der Waals surface area contributed by atoms with E-state index in [-0.39, 0.29) is 16.2 Å². The molecule has 0 unspecified atom stereocenters. The number of carbonyl (C=O) groups is 1. The van der Waals surface area contributed by atoms with E-state index >= 15 is 0 Å².